The summed E-state index contributed by atoms with van der Waals surface area (Å²) in [7, 11) is 0. The van der Waals surface area contributed by atoms with Crippen LogP contribution in [-0.2, 0) is 17.8 Å². The molecule has 0 unspecified atom stereocenters. The van der Waals surface area contributed by atoms with E-state index >= 15 is 0 Å². The number of carbonyl (C=O) groups excluding carboxylic acids is 1. The van der Waals surface area contributed by atoms with Gasteiger partial charge in [-0.2, -0.15) is 0 Å². The number of benzene rings is 2. The first kappa shape index (κ1) is 19.6. The van der Waals surface area contributed by atoms with Gasteiger partial charge in [-0.3, -0.25) is 4.79 Å². The van der Waals surface area contributed by atoms with E-state index in [9.17, 15) is 4.79 Å². The van der Waals surface area contributed by atoms with Crippen molar-refractivity contribution in [1.29, 1.82) is 0 Å². The minimum absolute atomic E-state index is 0. The first-order chi connectivity index (χ1) is 11.1. The Morgan fingerprint density at radius 3 is 2.44 bits per heavy atom. The van der Waals surface area contributed by atoms with Crippen LogP contribution in [0.1, 0.15) is 24.0 Å². The third-order valence-corrected chi connectivity index (χ3v) is 4.81. The molecule has 4 nitrogen and oxygen atoms in total. The summed E-state index contributed by atoms with van der Waals surface area (Å²) in [6, 6.07) is 16.7. The lowest BCUT2D eigenvalue weighted by atomic mass is 10.1. The highest BCUT2D eigenvalue weighted by Crippen LogP contribution is 2.33. The van der Waals surface area contributed by atoms with E-state index in [1.165, 1.54) is 16.8 Å². The van der Waals surface area contributed by atoms with Gasteiger partial charge < -0.3 is 16.0 Å². The van der Waals surface area contributed by atoms with Gasteiger partial charge in [-0.15, -0.1) is 24.8 Å². The first-order valence-electron chi connectivity index (χ1n) is 8.16. The Bertz CT molecular complexity index is 745. The predicted molar refractivity (Wildman–Crippen MR) is 107 cm³/mol. The van der Waals surface area contributed by atoms with E-state index < -0.39 is 5.54 Å². The lowest BCUT2D eigenvalue weighted by Gasteiger charge is -2.19. The van der Waals surface area contributed by atoms with Gasteiger partial charge in [0.05, 0.1) is 5.54 Å². The number of nitrogens with two attached hydrogens (primary N) is 1. The number of halogens is 2. The van der Waals surface area contributed by atoms with Gasteiger partial charge in [0.1, 0.15) is 0 Å². The minimum Gasteiger partial charge on any atom is -0.367 e. The van der Waals surface area contributed by atoms with Crippen molar-refractivity contribution in [2.45, 2.75) is 31.3 Å². The smallest absolute Gasteiger partial charge is 0.244 e. The van der Waals surface area contributed by atoms with Crippen LogP contribution in [0.4, 0.5) is 11.4 Å². The molecule has 1 amide bonds. The van der Waals surface area contributed by atoms with E-state index in [1.54, 1.807) is 0 Å². The van der Waals surface area contributed by atoms with Crippen molar-refractivity contribution in [2.24, 2.45) is 5.73 Å². The van der Waals surface area contributed by atoms with E-state index in [-0.39, 0.29) is 30.7 Å². The Kier molecular flexibility index (Phi) is 5.99. The van der Waals surface area contributed by atoms with E-state index in [0.717, 1.165) is 38.0 Å². The van der Waals surface area contributed by atoms with Gasteiger partial charge in [0, 0.05) is 24.5 Å². The quantitative estimate of drug-likeness (QED) is 0.853. The molecule has 1 heterocycles. The molecule has 1 aliphatic heterocycles. The van der Waals surface area contributed by atoms with Gasteiger partial charge in [-0.25, -0.2) is 0 Å². The molecule has 25 heavy (non-hydrogen) atoms. The second-order valence-corrected chi connectivity index (χ2v) is 6.61. The maximum absolute atomic E-state index is 12.0. The summed E-state index contributed by atoms with van der Waals surface area (Å²) in [5.74, 6) is -0.0706. The molecule has 0 atom stereocenters. The fourth-order valence-corrected chi connectivity index (χ4v) is 3.10. The number of nitrogens with one attached hydrogen (secondary N) is 1. The van der Waals surface area contributed by atoms with Gasteiger partial charge in [0.2, 0.25) is 5.91 Å². The summed E-state index contributed by atoms with van der Waals surface area (Å²) >= 11 is 0. The Morgan fingerprint density at radius 1 is 1.08 bits per heavy atom. The molecule has 134 valence electrons. The summed E-state index contributed by atoms with van der Waals surface area (Å²) in [5, 5.41) is 2.90. The largest absolute Gasteiger partial charge is 0.367 e. The first-order valence-corrected chi connectivity index (χ1v) is 8.16. The number of anilines is 2. The summed E-state index contributed by atoms with van der Waals surface area (Å²) in [6.07, 6.45) is 2.68. The molecule has 4 rings (SSSR count). The van der Waals surface area contributed by atoms with E-state index in [2.05, 4.69) is 46.6 Å². The number of nitrogens with zero attached hydrogens (tertiary/aromatic N) is 1. The molecule has 6 heteroatoms. The van der Waals surface area contributed by atoms with Crippen LogP contribution < -0.4 is 16.0 Å². The molecule has 2 aliphatic rings. The molecule has 0 spiro atoms. The number of amides is 1. The molecule has 0 radical (unpaired) electrons. The van der Waals surface area contributed by atoms with Gasteiger partial charge >= 0.3 is 0 Å². The molecule has 2 aromatic carbocycles. The highest BCUT2D eigenvalue weighted by atomic mass is 35.5. The predicted octanol–water partition coefficient (Wildman–Crippen LogP) is 3.52. The van der Waals surface area contributed by atoms with Crippen molar-refractivity contribution in [2.75, 3.05) is 16.8 Å². The molecule has 2 aromatic rings. The minimum atomic E-state index is -0.627. The Morgan fingerprint density at radius 2 is 1.76 bits per heavy atom. The van der Waals surface area contributed by atoms with Crippen LogP contribution in [0.15, 0.2) is 48.5 Å². The van der Waals surface area contributed by atoms with Crippen molar-refractivity contribution in [3.63, 3.8) is 0 Å². The van der Waals surface area contributed by atoms with Gasteiger partial charge in [-0.05, 0) is 48.6 Å². The zero-order valence-electron chi connectivity index (χ0n) is 13.9. The van der Waals surface area contributed by atoms with Crippen LogP contribution in [0.3, 0.4) is 0 Å². The van der Waals surface area contributed by atoms with Crippen molar-refractivity contribution in [3.05, 3.63) is 59.7 Å². The average Bonchev–Trinajstić information content (AvgIpc) is 3.20. The number of hydrogen-bond donors (Lipinski definition) is 2. The molecule has 0 saturated heterocycles. The third-order valence-electron chi connectivity index (χ3n) is 4.81. The second kappa shape index (κ2) is 7.65. The SMILES string of the molecule is Cl.Cl.NC1(C(=O)Nc2ccc(CN3CCc4ccccc43)cc2)CC1. The maximum atomic E-state index is 12.0. The van der Waals surface area contributed by atoms with Gasteiger partial charge in [0.25, 0.3) is 0 Å². The fourth-order valence-electron chi connectivity index (χ4n) is 3.10. The highest BCUT2D eigenvalue weighted by Gasteiger charge is 2.45. The van der Waals surface area contributed by atoms with Crippen molar-refractivity contribution in [3.8, 4) is 0 Å². The molecule has 3 N–H and O–H groups in total. The highest BCUT2D eigenvalue weighted by molar-refractivity contribution is 6.00. The molecular formula is C19H23Cl2N3O. The van der Waals surface area contributed by atoms with Crippen molar-refractivity contribution >= 4 is 42.1 Å². The topological polar surface area (TPSA) is 58.4 Å². The zero-order valence-corrected chi connectivity index (χ0v) is 15.5. The molecule has 1 saturated carbocycles. The van der Waals surface area contributed by atoms with Crippen molar-refractivity contribution < 1.29 is 4.79 Å². The number of fused-ring (bicyclic) bond motifs is 1. The van der Waals surface area contributed by atoms with Crippen LogP contribution in [0, 0.1) is 0 Å². The Balaban J connectivity index is 0.00000113. The fraction of sp³-hybridized carbons (Fsp3) is 0.316. The number of rotatable bonds is 4. The summed E-state index contributed by atoms with van der Waals surface area (Å²) in [6.45, 7) is 1.96. The van der Waals surface area contributed by atoms with Crippen molar-refractivity contribution in [1.82, 2.24) is 0 Å². The van der Waals surface area contributed by atoms with Crippen LogP contribution in [0.25, 0.3) is 0 Å². The molecule has 1 fully saturated rings. The maximum Gasteiger partial charge on any atom is 0.244 e. The molecule has 1 aliphatic carbocycles. The standard InChI is InChI=1S/C19H21N3O.2ClH/c20-19(10-11-19)18(23)21-16-7-5-14(6-8-16)13-22-12-9-15-3-1-2-4-17(15)22;;/h1-8H,9-13,20H2,(H,21,23);2*1H. The zero-order chi connectivity index (χ0) is 15.9. The van der Waals surface area contributed by atoms with Gasteiger partial charge in [-0.1, -0.05) is 30.3 Å². The molecule has 0 aromatic heterocycles. The molecular weight excluding hydrogens is 357 g/mol. The van der Waals surface area contributed by atoms with E-state index in [0.29, 0.717) is 0 Å². The molecule has 0 bridgehead atoms. The summed E-state index contributed by atoms with van der Waals surface area (Å²) in [4.78, 5) is 14.4. The van der Waals surface area contributed by atoms with Crippen LogP contribution in [0.2, 0.25) is 0 Å². The average molecular weight is 380 g/mol. The van der Waals surface area contributed by atoms with Crippen LogP contribution >= 0.6 is 24.8 Å². The number of para-hydroxylation sites is 1. The van der Waals surface area contributed by atoms with Crippen LogP contribution in [0.5, 0.6) is 0 Å². The van der Waals surface area contributed by atoms with E-state index in [1.807, 2.05) is 12.1 Å². The lowest BCUT2D eigenvalue weighted by molar-refractivity contribution is -0.118. The monoisotopic (exact) mass is 379 g/mol. The second-order valence-electron chi connectivity index (χ2n) is 6.61. The Hall–Kier alpha value is -1.75. The number of carbonyl (C=O) groups is 1. The number of hydrogen-bond acceptors (Lipinski definition) is 3. The summed E-state index contributed by atoms with van der Waals surface area (Å²) in [5.41, 5.74) is 10.1. The summed E-state index contributed by atoms with van der Waals surface area (Å²) < 4.78 is 0. The lowest BCUT2D eigenvalue weighted by Crippen LogP contribution is -2.37. The Labute approximate surface area is 160 Å². The van der Waals surface area contributed by atoms with Gasteiger partial charge in [0.15, 0.2) is 0 Å². The third kappa shape index (κ3) is 4.09. The van der Waals surface area contributed by atoms with Crippen LogP contribution in [-0.4, -0.2) is 18.0 Å². The van der Waals surface area contributed by atoms with E-state index in [4.69, 9.17) is 5.73 Å². The normalized spacial score (nSPS) is 16.3.